The molecule has 7 nitrogen and oxygen atoms in total. The molecule has 0 unspecified atom stereocenters. The molecule has 5 rings (SSSR count). The van der Waals surface area contributed by atoms with Gasteiger partial charge in [-0.1, -0.05) is 35.5 Å². The molecule has 0 radical (unpaired) electrons. The Bertz CT molecular complexity index is 1020. The topological polar surface area (TPSA) is 71.2 Å². The van der Waals surface area contributed by atoms with Gasteiger partial charge in [-0.25, -0.2) is 0 Å². The molecule has 29 heavy (non-hydrogen) atoms. The fourth-order valence-electron chi connectivity index (χ4n) is 4.25. The standard InChI is InChI=1S/C22H26N6O/c1-15-20(16(2)29-26-15)18-12-19-21(24-13-18)25-22(27-10-8-23-9-11-27)28(19)14-17-6-4-3-5-7-17/h3-7,12,23-24H,8-11,13-14H2,1-2H3. The average Bonchev–Trinajstić information content (AvgIpc) is 3.28. The molecule has 2 N–H and O–H groups in total. The maximum atomic E-state index is 5.41. The van der Waals surface area contributed by atoms with Crippen LogP contribution in [0.5, 0.6) is 0 Å². The monoisotopic (exact) mass is 390 g/mol. The number of aryl methyl sites for hydroxylation is 2. The number of hydrogen-bond donors (Lipinski definition) is 2. The van der Waals surface area contributed by atoms with Crippen molar-refractivity contribution >= 4 is 23.4 Å². The summed E-state index contributed by atoms with van der Waals surface area (Å²) in [7, 11) is 0. The molecule has 2 aliphatic heterocycles. The number of rotatable bonds is 4. The summed E-state index contributed by atoms with van der Waals surface area (Å²) in [6, 6.07) is 10.6. The summed E-state index contributed by atoms with van der Waals surface area (Å²) in [4.78, 5) is 7.38. The molecule has 0 spiro atoms. The second-order valence-corrected chi connectivity index (χ2v) is 7.68. The molecule has 7 heteroatoms. The van der Waals surface area contributed by atoms with E-state index < -0.39 is 0 Å². The van der Waals surface area contributed by atoms with Gasteiger partial charge in [-0.3, -0.25) is 0 Å². The third-order valence-electron chi connectivity index (χ3n) is 5.68. The van der Waals surface area contributed by atoms with E-state index in [4.69, 9.17) is 9.51 Å². The zero-order valence-electron chi connectivity index (χ0n) is 16.9. The van der Waals surface area contributed by atoms with Crippen LogP contribution in [0.2, 0.25) is 0 Å². The number of fused-ring (bicyclic) bond motifs is 1. The summed E-state index contributed by atoms with van der Waals surface area (Å²) < 4.78 is 7.74. The van der Waals surface area contributed by atoms with E-state index >= 15 is 0 Å². The van der Waals surface area contributed by atoms with E-state index in [0.717, 1.165) is 73.7 Å². The van der Waals surface area contributed by atoms with Gasteiger partial charge in [0.15, 0.2) is 5.82 Å². The molecule has 0 aliphatic carbocycles. The van der Waals surface area contributed by atoms with Crippen LogP contribution in [0.15, 0.2) is 34.9 Å². The number of piperazine rings is 1. The summed E-state index contributed by atoms with van der Waals surface area (Å²) in [5.41, 5.74) is 5.59. The highest BCUT2D eigenvalue weighted by molar-refractivity contribution is 5.90. The molecule has 2 aromatic heterocycles. The van der Waals surface area contributed by atoms with Gasteiger partial charge in [0, 0.05) is 38.3 Å². The first-order valence-corrected chi connectivity index (χ1v) is 10.2. The largest absolute Gasteiger partial charge is 0.364 e. The molecular weight excluding hydrogens is 364 g/mol. The summed E-state index contributed by atoms with van der Waals surface area (Å²) in [5.74, 6) is 2.84. The van der Waals surface area contributed by atoms with Crippen LogP contribution in [-0.4, -0.2) is 47.4 Å². The molecule has 0 atom stereocenters. The van der Waals surface area contributed by atoms with E-state index in [1.807, 2.05) is 13.8 Å². The number of aromatic nitrogens is 3. The molecule has 0 amide bonds. The van der Waals surface area contributed by atoms with Crippen LogP contribution in [0.3, 0.4) is 0 Å². The Morgan fingerprint density at radius 1 is 1.10 bits per heavy atom. The Morgan fingerprint density at radius 2 is 1.90 bits per heavy atom. The number of imidazole rings is 1. The number of benzene rings is 1. The van der Waals surface area contributed by atoms with Crippen molar-refractivity contribution in [3.05, 3.63) is 58.6 Å². The van der Waals surface area contributed by atoms with Crippen molar-refractivity contribution < 1.29 is 4.52 Å². The van der Waals surface area contributed by atoms with Crippen LogP contribution in [0.4, 0.5) is 11.8 Å². The van der Waals surface area contributed by atoms with Gasteiger partial charge in [0.1, 0.15) is 5.76 Å². The highest BCUT2D eigenvalue weighted by Gasteiger charge is 2.26. The van der Waals surface area contributed by atoms with E-state index in [1.165, 1.54) is 11.1 Å². The Balaban J connectivity index is 1.61. The molecule has 0 bridgehead atoms. The number of hydrogen-bond acceptors (Lipinski definition) is 6. The fraction of sp³-hybridized carbons (Fsp3) is 0.364. The SMILES string of the molecule is Cc1noc(C)c1C1=Cc2c(nc(N3CCNCC3)n2Cc2ccccc2)NC1. The molecule has 2 aliphatic rings. The van der Waals surface area contributed by atoms with Gasteiger partial charge in [0.2, 0.25) is 5.95 Å². The first kappa shape index (κ1) is 18.0. The second kappa shape index (κ2) is 7.40. The van der Waals surface area contributed by atoms with E-state index in [-0.39, 0.29) is 0 Å². The minimum atomic E-state index is 0.721. The van der Waals surface area contributed by atoms with Crippen molar-refractivity contribution in [1.29, 1.82) is 0 Å². The zero-order valence-corrected chi connectivity index (χ0v) is 16.9. The minimum absolute atomic E-state index is 0.721. The van der Waals surface area contributed by atoms with Crippen molar-refractivity contribution in [2.75, 3.05) is 42.9 Å². The van der Waals surface area contributed by atoms with Gasteiger partial charge >= 0.3 is 0 Å². The third-order valence-corrected chi connectivity index (χ3v) is 5.68. The quantitative estimate of drug-likeness (QED) is 0.714. The van der Waals surface area contributed by atoms with Crippen molar-refractivity contribution in [2.45, 2.75) is 20.4 Å². The predicted octanol–water partition coefficient (Wildman–Crippen LogP) is 2.91. The van der Waals surface area contributed by atoms with Crippen LogP contribution in [-0.2, 0) is 6.54 Å². The number of nitrogens with one attached hydrogen (secondary N) is 2. The Hall–Kier alpha value is -3.06. The van der Waals surface area contributed by atoms with Gasteiger partial charge in [-0.05, 0) is 31.1 Å². The van der Waals surface area contributed by atoms with Crippen molar-refractivity contribution in [3.63, 3.8) is 0 Å². The summed E-state index contributed by atoms with van der Waals surface area (Å²) in [6.45, 7) is 9.37. The molecule has 0 saturated carbocycles. The molecule has 1 saturated heterocycles. The lowest BCUT2D eigenvalue weighted by Gasteiger charge is -2.29. The molecule has 150 valence electrons. The van der Waals surface area contributed by atoms with Crippen LogP contribution < -0.4 is 15.5 Å². The number of nitrogens with zero attached hydrogens (tertiary/aromatic N) is 4. The first-order valence-electron chi connectivity index (χ1n) is 10.2. The molecule has 1 fully saturated rings. The van der Waals surface area contributed by atoms with Gasteiger partial charge in [0.25, 0.3) is 0 Å². The maximum Gasteiger partial charge on any atom is 0.208 e. The van der Waals surface area contributed by atoms with Crippen LogP contribution in [0.1, 0.15) is 28.3 Å². The predicted molar refractivity (Wildman–Crippen MR) is 115 cm³/mol. The molecule has 1 aromatic carbocycles. The maximum absolute atomic E-state index is 5.41. The van der Waals surface area contributed by atoms with Crippen LogP contribution in [0.25, 0.3) is 11.6 Å². The van der Waals surface area contributed by atoms with Gasteiger partial charge in [-0.2, -0.15) is 4.98 Å². The van der Waals surface area contributed by atoms with Crippen molar-refractivity contribution in [2.24, 2.45) is 0 Å². The lowest BCUT2D eigenvalue weighted by molar-refractivity contribution is 0.393. The van der Waals surface area contributed by atoms with E-state index in [9.17, 15) is 0 Å². The van der Waals surface area contributed by atoms with Gasteiger partial charge < -0.3 is 24.6 Å². The number of anilines is 2. The van der Waals surface area contributed by atoms with Gasteiger partial charge in [0.05, 0.1) is 17.9 Å². The van der Waals surface area contributed by atoms with Crippen LogP contribution >= 0.6 is 0 Å². The van der Waals surface area contributed by atoms with E-state index in [1.54, 1.807) is 0 Å². The Labute approximate surface area is 170 Å². The fourth-order valence-corrected chi connectivity index (χ4v) is 4.25. The minimum Gasteiger partial charge on any atom is -0.364 e. The summed E-state index contributed by atoms with van der Waals surface area (Å²) >= 11 is 0. The third kappa shape index (κ3) is 3.31. The lowest BCUT2D eigenvalue weighted by Crippen LogP contribution is -2.44. The van der Waals surface area contributed by atoms with Crippen LogP contribution in [0, 0.1) is 13.8 Å². The van der Waals surface area contributed by atoms with Crippen molar-refractivity contribution in [3.8, 4) is 0 Å². The average molecular weight is 390 g/mol. The second-order valence-electron chi connectivity index (χ2n) is 7.68. The summed E-state index contributed by atoms with van der Waals surface area (Å²) in [6.07, 6.45) is 2.25. The lowest BCUT2D eigenvalue weighted by atomic mass is 10.0. The zero-order chi connectivity index (χ0) is 19.8. The molecule has 4 heterocycles. The first-order chi connectivity index (χ1) is 14.2. The van der Waals surface area contributed by atoms with E-state index in [0.29, 0.717) is 0 Å². The molecular formula is C22H26N6O. The molecule has 3 aromatic rings. The highest BCUT2D eigenvalue weighted by Crippen LogP contribution is 2.34. The smallest absolute Gasteiger partial charge is 0.208 e. The Morgan fingerprint density at radius 3 is 2.62 bits per heavy atom. The highest BCUT2D eigenvalue weighted by atomic mass is 16.5. The van der Waals surface area contributed by atoms with Crippen molar-refractivity contribution in [1.82, 2.24) is 20.0 Å². The van der Waals surface area contributed by atoms with E-state index in [2.05, 4.69) is 61.7 Å². The Kier molecular flexibility index (Phi) is 4.60. The van der Waals surface area contributed by atoms with Gasteiger partial charge in [-0.15, -0.1) is 0 Å². The summed E-state index contributed by atoms with van der Waals surface area (Å²) in [5, 5.41) is 11.1. The normalized spacial score (nSPS) is 16.3.